The Bertz CT molecular complexity index is 862. The molecule has 0 unspecified atom stereocenters. The van der Waals surface area contributed by atoms with Gasteiger partial charge in [0.2, 0.25) is 11.8 Å². The molecule has 26 heavy (non-hydrogen) atoms. The highest BCUT2D eigenvalue weighted by atomic mass is 16.2. The van der Waals surface area contributed by atoms with E-state index in [0.717, 1.165) is 4.90 Å². The second-order valence-corrected chi connectivity index (χ2v) is 5.47. The van der Waals surface area contributed by atoms with Crippen molar-refractivity contribution in [2.75, 3.05) is 21.3 Å². The first-order valence-corrected chi connectivity index (χ1v) is 7.67. The van der Waals surface area contributed by atoms with E-state index in [1.54, 1.807) is 24.3 Å². The fraction of sp³-hybridized carbons (Fsp3) is 0.111. The molecule has 2 aromatic rings. The van der Waals surface area contributed by atoms with Gasteiger partial charge in [-0.25, -0.2) is 4.90 Å². The SMILES string of the molecule is CC(=O)Nc1ccc(NC(=O)C(=O)N(C(C)=O)c2cccc(N)c2)cc1. The van der Waals surface area contributed by atoms with Crippen molar-refractivity contribution in [3.05, 3.63) is 48.5 Å². The lowest BCUT2D eigenvalue weighted by atomic mass is 10.2. The molecule has 0 atom stereocenters. The largest absolute Gasteiger partial charge is 0.399 e. The van der Waals surface area contributed by atoms with Crippen LogP contribution >= 0.6 is 0 Å². The Morgan fingerprint density at radius 3 is 1.96 bits per heavy atom. The van der Waals surface area contributed by atoms with Crippen LogP contribution < -0.4 is 21.3 Å². The number of nitrogens with two attached hydrogens (primary N) is 1. The van der Waals surface area contributed by atoms with Crippen molar-refractivity contribution in [2.24, 2.45) is 0 Å². The second kappa shape index (κ2) is 7.93. The molecule has 2 aromatic carbocycles. The molecule has 0 saturated carbocycles. The van der Waals surface area contributed by atoms with E-state index in [2.05, 4.69) is 10.6 Å². The standard InChI is InChI=1S/C18H18N4O4/c1-11(23)20-14-6-8-15(9-7-14)21-17(25)18(26)22(12(2)24)16-5-3-4-13(19)10-16/h3-10H,19H2,1-2H3,(H,20,23)(H,21,25). The van der Waals surface area contributed by atoms with Crippen LogP contribution in [0.2, 0.25) is 0 Å². The third-order valence-corrected chi connectivity index (χ3v) is 3.30. The smallest absolute Gasteiger partial charge is 0.323 e. The van der Waals surface area contributed by atoms with Gasteiger partial charge < -0.3 is 16.4 Å². The third kappa shape index (κ3) is 4.67. The average Bonchev–Trinajstić information content (AvgIpc) is 2.56. The Hall–Kier alpha value is -3.68. The number of amides is 4. The van der Waals surface area contributed by atoms with E-state index in [-0.39, 0.29) is 11.6 Å². The minimum Gasteiger partial charge on any atom is -0.399 e. The van der Waals surface area contributed by atoms with Gasteiger partial charge in [0.15, 0.2) is 0 Å². The maximum Gasteiger partial charge on any atom is 0.323 e. The summed E-state index contributed by atoms with van der Waals surface area (Å²) in [6.07, 6.45) is 0. The highest BCUT2D eigenvalue weighted by Crippen LogP contribution is 2.19. The summed E-state index contributed by atoms with van der Waals surface area (Å²) >= 11 is 0. The van der Waals surface area contributed by atoms with Crippen LogP contribution in [0.3, 0.4) is 0 Å². The van der Waals surface area contributed by atoms with Gasteiger partial charge in [0.05, 0.1) is 5.69 Å². The molecule has 0 heterocycles. The number of nitrogens with one attached hydrogen (secondary N) is 2. The Morgan fingerprint density at radius 1 is 0.885 bits per heavy atom. The Labute approximate surface area is 150 Å². The number of carbonyl (C=O) groups is 4. The van der Waals surface area contributed by atoms with Crippen molar-refractivity contribution < 1.29 is 19.2 Å². The van der Waals surface area contributed by atoms with Crippen molar-refractivity contribution in [1.82, 2.24) is 0 Å². The molecule has 0 spiro atoms. The zero-order valence-electron chi connectivity index (χ0n) is 14.3. The molecule has 0 aliphatic heterocycles. The number of rotatable bonds is 3. The highest BCUT2D eigenvalue weighted by Gasteiger charge is 2.27. The van der Waals surface area contributed by atoms with Crippen LogP contribution in [0.1, 0.15) is 13.8 Å². The van der Waals surface area contributed by atoms with Gasteiger partial charge in [0, 0.05) is 30.9 Å². The third-order valence-electron chi connectivity index (χ3n) is 3.30. The van der Waals surface area contributed by atoms with Crippen LogP contribution in [0.25, 0.3) is 0 Å². The number of hydrogen-bond donors (Lipinski definition) is 3. The van der Waals surface area contributed by atoms with E-state index in [4.69, 9.17) is 5.73 Å². The fourth-order valence-corrected chi connectivity index (χ4v) is 2.23. The number of anilines is 4. The summed E-state index contributed by atoms with van der Waals surface area (Å²) in [5, 5.41) is 5.00. The molecule has 4 amide bonds. The molecule has 2 rings (SSSR count). The number of hydrogen-bond acceptors (Lipinski definition) is 5. The van der Waals surface area contributed by atoms with Gasteiger partial charge in [-0.05, 0) is 42.5 Å². The van der Waals surface area contributed by atoms with Crippen molar-refractivity contribution >= 4 is 46.4 Å². The minimum absolute atomic E-state index is 0.207. The van der Waals surface area contributed by atoms with Gasteiger partial charge >= 0.3 is 11.8 Å². The predicted molar refractivity (Wildman–Crippen MR) is 98.4 cm³/mol. The van der Waals surface area contributed by atoms with E-state index < -0.39 is 17.7 Å². The zero-order chi connectivity index (χ0) is 19.3. The van der Waals surface area contributed by atoms with Crippen LogP contribution in [0.4, 0.5) is 22.7 Å². The number of nitrogens with zero attached hydrogens (tertiary/aromatic N) is 1. The van der Waals surface area contributed by atoms with Crippen molar-refractivity contribution in [2.45, 2.75) is 13.8 Å². The molecule has 0 aliphatic rings. The first kappa shape index (κ1) is 18.7. The lowest BCUT2D eigenvalue weighted by molar-refractivity contribution is -0.136. The number of imide groups is 1. The summed E-state index contributed by atoms with van der Waals surface area (Å²) in [5.41, 5.74) is 7.12. The van der Waals surface area contributed by atoms with Crippen LogP contribution in [-0.2, 0) is 19.2 Å². The van der Waals surface area contributed by atoms with E-state index in [1.807, 2.05) is 0 Å². The van der Waals surface area contributed by atoms with E-state index >= 15 is 0 Å². The van der Waals surface area contributed by atoms with Gasteiger partial charge in [-0.2, -0.15) is 0 Å². The van der Waals surface area contributed by atoms with Gasteiger partial charge in [-0.15, -0.1) is 0 Å². The van der Waals surface area contributed by atoms with Gasteiger partial charge in [0.25, 0.3) is 0 Å². The molecule has 0 fully saturated rings. The summed E-state index contributed by atoms with van der Waals surface area (Å²) in [6, 6.07) is 12.3. The van der Waals surface area contributed by atoms with Crippen LogP contribution in [0, 0.1) is 0 Å². The molecule has 0 aliphatic carbocycles. The number of benzene rings is 2. The Balaban J connectivity index is 2.15. The summed E-state index contributed by atoms with van der Waals surface area (Å²) in [5.74, 6) is -2.85. The minimum atomic E-state index is -1.03. The molecule has 4 N–H and O–H groups in total. The second-order valence-electron chi connectivity index (χ2n) is 5.47. The predicted octanol–water partition coefficient (Wildman–Crippen LogP) is 1.75. The normalized spacial score (nSPS) is 9.92. The van der Waals surface area contributed by atoms with Crippen molar-refractivity contribution in [3.63, 3.8) is 0 Å². The monoisotopic (exact) mass is 354 g/mol. The first-order valence-electron chi connectivity index (χ1n) is 7.67. The molecule has 134 valence electrons. The fourth-order valence-electron chi connectivity index (χ4n) is 2.23. The maximum absolute atomic E-state index is 12.4. The van der Waals surface area contributed by atoms with Gasteiger partial charge in [0.1, 0.15) is 0 Å². The highest BCUT2D eigenvalue weighted by molar-refractivity contribution is 6.48. The zero-order valence-corrected chi connectivity index (χ0v) is 14.3. The molecule has 0 saturated heterocycles. The molecular formula is C18H18N4O4. The average molecular weight is 354 g/mol. The summed E-state index contributed by atoms with van der Waals surface area (Å²) in [7, 11) is 0. The van der Waals surface area contributed by atoms with Gasteiger partial charge in [-0.3, -0.25) is 19.2 Å². The quantitative estimate of drug-likeness (QED) is 0.572. The number of carbonyl (C=O) groups excluding carboxylic acids is 4. The lowest BCUT2D eigenvalue weighted by Gasteiger charge is -2.19. The summed E-state index contributed by atoms with van der Waals surface area (Å²) < 4.78 is 0. The molecule has 0 radical (unpaired) electrons. The number of nitrogen functional groups attached to an aromatic ring is 1. The molecular weight excluding hydrogens is 336 g/mol. The topological polar surface area (TPSA) is 122 Å². The Morgan fingerprint density at radius 2 is 1.46 bits per heavy atom. The Kier molecular flexibility index (Phi) is 5.69. The van der Waals surface area contributed by atoms with Gasteiger partial charge in [-0.1, -0.05) is 6.07 Å². The molecule has 8 nitrogen and oxygen atoms in total. The molecule has 8 heteroatoms. The molecule has 0 bridgehead atoms. The van der Waals surface area contributed by atoms with Crippen LogP contribution in [0.15, 0.2) is 48.5 Å². The first-order chi connectivity index (χ1) is 12.3. The van der Waals surface area contributed by atoms with Crippen molar-refractivity contribution in [3.8, 4) is 0 Å². The van der Waals surface area contributed by atoms with E-state index in [0.29, 0.717) is 17.1 Å². The van der Waals surface area contributed by atoms with Crippen molar-refractivity contribution in [1.29, 1.82) is 0 Å². The lowest BCUT2D eigenvalue weighted by Crippen LogP contribution is -2.42. The molecule has 0 aromatic heterocycles. The van der Waals surface area contributed by atoms with Crippen LogP contribution in [-0.4, -0.2) is 23.6 Å². The summed E-state index contributed by atoms with van der Waals surface area (Å²) in [6.45, 7) is 2.55. The van der Waals surface area contributed by atoms with E-state index in [9.17, 15) is 19.2 Å². The van der Waals surface area contributed by atoms with Crippen LogP contribution in [0.5, 0.6) is 0 Å². The van der Waals surface area contributed by atoms with E-state index in [1.165, 1.54) is 38.1 Å². The maximum atomic E-state index is 12.4. The summed E-state index contributed by atoms with van der Waals surface area (Å²) in [4.78, 5) is 48.2.